The number of aromatic nitrogens is 3. The van der Waals surface area contributed by atoms with Gasteiger partial charge in [0.25, 0.3) is 0 Å². The third-order valence-corrected chi connectivity index (χ3v) is 3.50. The summed E-state index contributed by atoms with van der Waals surface area (Å²) in [5.74, 6) is 1.57. The fraction of sp³-hybridized carbons (Fsp3) is 0.500. The highest BCUT2D eigenvalue weighted by molar-refractivity contribution is 5.46. The van der Waals surface area contributed by atoms with Crippen LogP contribution in [0.3, 0.4) is 0 Å². The molecule has 2 rings (SSSR count). The number of para-hydroxylation sites is 1. The lowest BCUT2D eigenvalue weighted by molar-refractivity contribution is 0.256. The molecule has 0 spiro atoms. The molecular weight excluding hydrogens is 262 g/mol. The number of benzene rings is 1. The Morgan fingerprint density at radius 3 is 2.67 bits per heavy atom. The first kappa shape index (κ1) is 15.5. The highest BCUT2D eigenvalue weighted by Crippen LogP contribution is 2.15. The molecule has 1 aromatic heterocycles. The standard InChI is InChI=1S/C16H25N5/c1-4-20(10-14-7-5-6-8-15(14)17)11-16-18-12-19-21(16)9-13(2)3/h5-8,12-13H,4,9-11,17H2,1-3H3. The van der Waals surface area contributed by atoms with Crippen molar-refractivity contribution in [1.29, 1.82) is 0 Å². The van der Waals surface area contributed by atoms with Crippen LogP contribution in [0.5, 0.6) is 0 Å². The van der Waals surface area contributed by atoms with E-state index in [2.05, 4.69) is 41.8 Å². The molecule has 1 aromatic carbocycles. The molecule has 21 heavy (non-hydrogen) atoms. The predicted molar refractivity (Wildman–Crippen MR) is 85.5 cm³/mol. The van der Waals surface area contributed by atoms with E-state index < -0.39 is 0 Å². The Bertz CT molecular complexity index is 561. The average Bonchev–Trinajstić information content (AvgIpc) is 2.86. The molecule has 0 amide bonds. The van der Waals surface area contributed by atoms with Crippen LogP contribution in [-0.2, 0) is 19.6 Å². The summed E-state index contributed by atoms with van der Waals surface area (Å²) in [5, 5.41) is 4.32. The lowest BCUT2D eigenvalue weighted by Crippen LogP contribution is -2.25. The average molecular weight is 287 g/mol. The number of nitrogens with zero attached hydrogens (tertiary/aromatic N) is 4. The minimum absolute atomic E-state index is 0.560. The minimum atomic E-state index is 0.560. The maximum absolute atomic E-state index is 6.03. The van der Waals surface area contributed by atoms with Gasteiger partial charge in [-0.05, 0) is 24.1 Å². The van der Waals surface area contributed by atoms with Crippen molar-refractivity contribution in [3.05, 3.63) is 42.0 Å². The first-order valence-electron chi connectivity index (χ1n) is 7.52. The summed E-state index contributed by atoms with van der Waals surface area (Å²) in [4.78, 5) is 6.73. The van der Waals surface area contributed by atoms with Crippen molar-refractivity contribution in [3.63, 3.8) is 0 Å². The normalized spacial score (nSPS) is 11.5. The molecule has 0 atom stereocenters. The Hall–Kier alpha value is -1.88. The maximum Gasteiger partial charge on any atom is 0.141 e. The van der Waals surface area contributed by atoms with E-state index in [9.17, 15) is 0 Å². The van der Waals surface area contributed by atoms with Crippen molar-refractivity contribution in [2.24, 2.45) is 5.92 Å². The van der Waals surface area contributed by atoms with Gasteiger partial charge in [0, 0.05) is 18.8 Å². The molecule has 2 aromatic rings. The van der Waals surface area contributed by atoms with E-state index in [4.69, 9.17) is 5.73 Å². The van der Waals surface area contributed by atoms with Crippen LogP contribution < -0.4 is 5.73 Å². The zero-order valence-electron chi connectivity index (χ0n) is 13.2. The smallest absolute Gasteiger partial charge is 0.141 e. The molecule has 0 fully saturated rings. The third kappa shape index (κ3) is 4.29. The van der Waals surface area contributed by atoms with E-state index in [1.165, 1.54) is 0 Å². The number of hydrogen-bond acceptors (Lipinski definition) is 4. The molecule has 114 valence electrons. The lowest BCUT2D eigenvalue weighted by atomic mass is 10.1. The molecule has 0 saturated heterocycles. The molecular formula is C16H25N5. The van der Waals surface area contributed by atoms with Gasteiger partial charge in [0.15, 0.2) is 0 Å². The van der Waals surface area contributed by atoms with E-state index in [0.717, 1.165) is 43.3 Å². The van der Waals surface area contributed by atoms with Gasteiger partial charge >= 0.3 is 0 Å². The number of rotatable bonds is 7. The molecule has 0 aliphatic rings. The van der Waals surface area contributed by atoms with E-state index in [-0.39, 0.29) is 0 Å². The Morgan fingerprint density at radius 2 is 2.00 bits per heavy atom. The first-order chi connectivity index (χ1) is 10.1. The highest BCUT2D eigenvalue weighted by Gasteiger charge is 2.12. The van der Waals surface area contributed by atoms with Crippen LogP contribution in [0.2, 0.25) is 0 Å². The van der Waals surface area contributed by atoms with Crippen LogP contribution in [-0.4, -0.2) is 26.2 Å². The summed E-state index contributed by atoms with van der Waals surface area (Å²) < 4.78 is 2.00. The molecule has 0 radical (unpaired) electrons. The van der Waals surface area contributed by atoms with E-state index in [1.54, 1.807) is 6.33 Å². The van der Waals surface area contributed by atoms with Crippen LogP contribution >= 0.6 is 0 Å². The van der Waals surface area contributed by atoms with Gasteiger partial charge in [-0.15, -0.1) is 0 Å². The molecule has 1 heterocycles. The summed E-state index contributed by atoms with van der Waals surface area (Å²) >= 11 is 0. The SMILES string of the molecule is CCN(Cc1ccccc1N)Cc1ncnn1CC(C)C. The highest BCUT2D eigenvalue weighted by atomic mass is 15.3. The van der Waals surface area contributed by atoms with Gasteiger partial charge < -0.3 is 5.73 Å². The van der Waals surface area contributed by atoms with Crippen LogP contribution in [0.1, 0.15) is 32.2 Å². The fourth-order valence-corrected chi connectivity index (χ4v) is 2.31. The third-order valence-electron chi connectivity index (χ3n) is 3.50. The predicted octanol–water partition coefficient (Wildman–Crippen LogP) is 2.54. The van der Waals surface area contributed by atoms with Gasteiger partial charge in [0.05, 0.1) is 6.54 Å². The van der Waals surface area contributed by atoms with Gasteiger partial charge in [-0.2, -0.15) is 5.10 Å². The summed E-state index contributed by atoms with van der Waals surface area (Å²) in [7, 11) is 0. The number of nitrogen functional groups attached to an aromatic ring is 1. The molecule has 5 nitrogen and oxygen atoms in total. The van der Waals surface area contributed by atoms with Gasteiger partial charge in [0.2, 0.25) is 0 Å². The molecule has 0 bridgehead atoms. The van der Waals surface area contributed by atoms with Crippen LogP contribution in [0, 0.1) is 5.92 Å². The number of anilines is 1. The van der Waals surface area contributed by atoms with Gasteiger partial charge in [-0.1, -0.05) is 39.0 Å². The van der Waals surface area contributed by atoms with Gasteiger partial charge in [0.1, 0.15) is 12.2 Å². The quantitative estimate of drug-likeness (QED) is 0.795. The molecule has 0 aliphatic carbocycles. The minimum Gasteiger partial charge on any atom is -0.398 e. The zero-order valence-corrected chi connectivity index (χ0v) is 13.2. The van der Waals surface area contributed by atoms with Crippen molar-refractivity contribution < 1.29 is 0 Å². The lowest BCUT2D eigenvalue weighted by Gasteiger charge is -2.21. The topological polar surface area (TPSA) is 60.0 Å². The molecule has 0 unspecified atom stereocenters. The second-order valence-corrected chi connectivity index (χ2v) is 5.75. The van der Waals surface area contributed by atoms with Gasteiger partial charge in [-0.3, -0.25) is 4.90 Å². The van der Waals surface area contributed by atoms with Crippen molar-refractivity contribution in [2.45, 2.75) is 40.4 Å². The monoisotopic (exact) mass is 287 g/mol. The zero-order chi connectivity index (χ0) is 15.2. The van der Waals surface area contributed by atoms with E-state index in [0.29, 0.717) is 5.92 Å². The van der Waals surface area contributed by atoms with Crippen molar-refractivity contribution >= 4 is 5.69 Å². The van der Waals surface area contributed by atoms with E-state index in [1.807, 2.05) is 22.9 Å². The van der Waals surface area contributed by atoms with Crippen molar-refractivity contribution in [2.75, 3.05) is 12.3 Å². The summed E-state index contributed by atoms with van der Waals surface area (Å²) in [6, 6.07) is 8.02. The molecule has 0 aliphatic heterocycles. The largest absolute Gasteiger partial charge is 0.398 e. The van der Waals surface area contributed by atoms with Crippen LogP contribution in [0.4, 0.5) is 5.69 Å². The molecule has 5 heteroatoms. The van der Waals surface area contributed by atoms with Crippen LogP contribution in [0.25, 0.3) is 0 Å². The Balaban J connectivity index is 2.06. The maximum atomic E-state index is 6.03. The second-order valence-electron chi connectivity index (χ2n) is 5.75. The van der Waals surface area contributed by atoms with E-state index >= 15 is 0 Å². The second kappa shape index (κ2) is 7.22. The summed E-state index contributed by atoms with van der Waals surface area (Å²) in [6.45, 7) is 10.0. The Kier molecular flexibility index (Phi) is 5.33. The fourth-order valence-electron chi connectivity index (χ4n) is 2.31. The first-order valence-corrected chi connectivity index (χ1v) is 7.52. The molecule has 0 saturated carbocycles. The Labute approximate surface area is 126 Å². The number of nitrogens with two attached hydrogens (primary N) is 1. The van der Waals surface area contributed by atoms with Gasteiger partial charge in [-0.25, -0.2) is 9.67 Å². The number of hydrogen-bond donors (Lipinski definition) is 1. The van der Waals surface area contributed by atoms with Crippen LogP contribution in [0.15, 0.2) is 30.6 Å². The van der Waals surface area contributed by atoms with Crippen molar-refractivity contribution in [1.82, 2.24) is 19.7 Å². The van der Waals surface area contributed by atoms with Crippen molar-refractivity contribution in [3.8, 4) is 0 Å². The summed E-state index contributed by atoms with van der Waals surface area (Å²) in [6.07, 6.45) is 1.64. The Morgan fingerprint density at radius 1 is 1.24 bits per heavy atom. The molecule has 2 N–H and O–H groups in total. The summed E-state index contributed by atoms with van der Waals surface area (Å²) in [5.41, 5.74) is 8.04.